The maximum atomic E-state index is 14.2. The van der Waals surface area contributed by atoms with Crippen LogP contribution in [0.15, 0.2) is 71.6 Å². The van der Waals surface area contributed by atoms with Crippen LogP contribution < -0.4 is 9.62 Å². The van der Waals surface area contributed by atoms with Gasteiger partial charge in [-0.05, 0) is 80.6 Å². The van der Waals surface area contributed by atoms with Crippen molar-refractivity contribution in [1.29, 1.82) is 0 Å². The average molecular weight is 631 g/mol. The molecule has 2 amide bonds. The number of anilines is 1. The summed E-state index contributed by atoms with van der Waals surface area (Å²) in [6, 6.07) is 17.6. The summed E-state index contributed by atoms with van der Waals surface area (Å²) in [5.41, 5.74) is 2.54. The second-order valence-corrected chi connectivity index (χ2v) is 13.6. The van der Waals surface area contributed by atoms with Crippen molar-refractivity contribution in [3.8, 4) is 0 Å². The molecule has 0 saturated heterocycles. The fraction of sp³-hybridized carbons (Fsp3) is 0.375. The van der Waals surface area contributed by atoms with E-state index in [1.807, 2.05) is 19.1 Å². The monoisotopic (exact) mass is 629 g/mol. The van der Waals surface area contributed by atoms with Crippen LogP contribution >= 0.6 is 23.2 Å². The normalized spacial score (nSPS) is 14.7. The molecule has 0 radical (unpaired) electrons. The smallest absolute Gasteiger partial charge is 0.264 e. The summed E-state index contributed by atoms with van der Waals surface area (Å²) in [5.74, 6) is -0.822. The van der Waals surface area contributed by atoms with Crippen molar-refractivity contribution in [2.45, 2.75) is 76.4 Å². The van der Waals surface area contributed by atoms with Gasteiger partial charge in [0.1, 0.15) is 12.6 Å². The molecule has 4 rings (SSSR count). The van der Waals surface area contributed by atoms with E-state index in [0.29, 0.717) is 26.9 Å². The summed E-state index contributed by atoms with van der Waals surface area (Å²) in [7, 11) is -4.14. The highest BCUT2D eigenvalue weighted by Crippen LogP contribution is 2.29. The number of hydrogen-bond donors (Lipinski definition) is 1. The molecule has 3 aromatic rings. The second-order valence-electron chi connectivity index (χ2n) is 10.9. The highest BCUT2D eigenvalue weighted by atomic mass is 35.5. The Hall–Kier alpha value is -3.07. The van der Waals surface area contributed by atoms with Gasteiger partial charge < -0.3 is 10.2 Å². The molecular formula is C32H37Cl2N3O4S. The largest absolute Gasteiger partial charge is 0.352 e. The fourth-order valence-corrected chi connectivity index (χ4v) is 7.17. The summed E-state index contributed by atoms with van der Waals surface area (Å²) >= 11 is 12.6. The third-order valence-electron chi connectivity index (χ3n) is 7.72. The Kier molecular flexibility index (Phi) is 10.6. The Labute approximate surface area is 258 Å². The number of carbonyl (C=O) groups excluding carboxylic acids is 2. The fourth-order valence-electron chi connectivity index (χ4n) is 5.21. The number of carbonyl (C=O) groups is 2. The molecule has 0 bridgehead atoms. The van der Waals surface area contributed by atoms with Gasteiger partial charge in [-0.15, -0.1) is 0 Å². The molecule has 10 heteroatoms. The van der Waals surface area contributed by atoms with Gasteiger partial charge in [0.25, 0.3) is 10.0 Å². The molecule has 1 unspecified atom stereocenters. The van der Waals surface area contributed by atoms with Gasteiger partial charge in [0, 0.05) is 22.6 Å². The summed E-state index contributed by atoms with van der Waals surface area (Å²) in [6.45, 7) is 4.82. The number of amides is 2. The highest BCUT2D eigenvalue weighted by Gasteiger charge is 2.34. The molecule has 3 aromatic carbocycles. The lowest BCUT2D eigenvalue weighted by Gasteiger charge is -2.33. The number of rotatable bonds is 10. The Balaban J connectivity index is 1.72. The molecule has 42 heavy (non-hydrogen) atoms. The Morgan fingerprint density at radius 1 is 0.952 bits per heavy atom. The number of nitrogens with one attached hydrogen (secondary N) is 1. The summed E-state index contributed by atoms with van der Waals surface area (Å²) < 4.78 is 29.2. The van der Waals surface area contributed by atoms with Gasteiger partial charge in [0.15, 0.2) is 0 Å². The van der Waals surface area contributed by atoms with Crippen LogP contribution in [0, 0.1) is 13.8 Å². The van der Waals surface area contributed by atoms with Gasteiger partial charge in [-0.25, -0.2) is 8.42 Å². The van der Waals surface area contributed by atoms with Crippen molar-refractivity contribution in [2.75, 3.05) is 10.8 Å². The van der Waals surface area contributed by atoms with Gasteiger partial charge >= 0.3 is 0 Å². The van der Waals surface area contributed by atoms with Crippen LogP contribution in [0.3, 0.4) is 0 Å². The predicted molar refractivity (Wildman–Crippen MR) is 168 cm³/mol. The number of halogens is 2. The maximum Gasteiger partial charge on any atom is 0.264 e. The van der Waals surface area contributed by atoms with E-state index in [2.05, 4.69) is 5.32 Å². The first-order valence-corrected chi connectivity index (χ1v) is 16.4. The molecule has 0 aliphatic heterocycles. The van der Waals surface area contributed by atoms with Crippen molar-refractivity contribution in [2.24, 2.45) is 0 Å². The molecule has 1 fully saturated rings. The minimum Gasteiger partial charge on any atom is -0.352 e. The molecule has 1 aliphatic rings. The van der Waals surface area contributed by atoms with Gasteiger partial charge in [-0.3, -0.25) is 13.9 Å². The number of aryl methyl sites for hydroxylation is 2. The molecular weight excluding hydrogens is 593 g/mol. The average Bonchev–Trinajstić information content (AvgIpc) is 2.97. The van der Waals surface area contributed by atoms with Crippen molar-refractivity contribution in [1.82, 2.24) is 10.2 Å². The molecule has 224 valence electrons. The first-order chi connectivity index (χ1) is 20.0. The summed E-state index contributed by atoms with van der Waals surface area (Å²) in [5, 5.41) is 3.90. The van der Waals surface area contributed by atoms with Crippen LogP contribution in [-0.4, -0.2) is 43.8 Å². The van der Waals surface area contributed by atoms with Crippen molar-refractivity contribution >= 4 is 50.7 Å². The molecule has 1 atom stereocenters. The molecule has 1 aliphatic carbocycles. The SMILES string of the molecule is Cc1ccc(C)c(N(CC(=O)N(Cc2ccc(Cl)cc2Cl)C(C)C(=O)NC2CCCCC2)S(=O)(=O)c2ccccc2)c1. The standard InChI is InChI=1S/C32H37Cl2N3O4S/c1-22-14-15-23(2)30(18-22)37(42(40,41)28-12-8-5-9-13-28)21-31(38)36(20-25-16-17-26(33)19-29(25)34)24(3)32(39)35-27-10-6-4-7-11-27/h5,8-9,12-19,24,27H,4,6-7,10-11,20-21H2,1-3H3,(H,35,39). The van der Waals surface area contributed by atoms with Crippen molar-refractivity contribution < 1.29 is 18.0 Å². The topological polar surface area (TPSA) is 86.8 Å². The van der Waals surface area contributed by atoms with E-state index < -0.39 is 28.5 Å². The number of benzene rings is 3. The lowest BCUT2D eigenvalue weighted by molar-refractivity contribution is -0.139. The zero-order valence-corrected chi connectivity index (χ0v) is 26.5. The minimum atomic E-state index is -4.14. The van der Waals surface area contributed by atoms with Crippen LogP contribution in [0.25, 0.3) is 0 Å². The van der Waals surface area contributed by atoms with E-state index in [4.69, 9.17) is 23.2 Å². The Morgan fingerprint density at radius 2 is 1.64 bits per heavy atom. The number of nitrogens with zero attached hydrogens (tertiary/aromatic N) is 2. The van der Waals surface area contributed by atoms with E-state index in [0.717, 1.165) is 42.0 Å². The zero-order chi connectivity index (χ0) is 30.4. The van der Waals surface area contributed by atoms with Crippen LogP contribution in [0.1, 0.15) is 55.7 Å². The quantitative estimate of drug-likeness (QED) is 0.271. The summed E-state index contributed by atoms with van der Waals surface area (Å²) in [4.78, 5) is 29.1. The van der Waals surface area contributed by atoms with Gasteiger partial charge in [-0.2, -0.15) is 0 Å². The Morgan fingerprint density at radius 3 is 2.31 bits per heavy atom. The third kappa shape index (κ3) is 7.65. The van der Waals surface area contributed by atoms with E-state index in [1.54, 1.807) is 56.3 Å². The molecule has 1 N–H and O–H groups in total. The van der Waals surface area contributed by atoms with Crippen LogP contribution in [0.5, 0.6) is 0 Å². The van der Waals surface area contributed by atoms with Crippen LogP contribution in [-0.2, 0) is 26.2 Å². The minimum absolute atomic E-state index is 0.000112. The second kappa shape index (κ2) is 13.9. The third-order valence-corrected chi connectivity index (χ3v) is 10.1. The van der Waals surface area contributed by atoms with Gasteiger partial charge in [0.2, 0.25) is 11.8 Å². The predicted octanol–water partition coefficient (Wildman–Crippen LogP) is 6.67. The highest BCUT2D eigenvalue weighted by molar-refractivity contribution is 7.92. The van der Waals surface area contributed by atoms with Crippen molar-refractivity contribution in [3.05, 3.63) is 93.5 Å². The molecule has 0 aromatic heterocycles. The molecule has 7 nitrogen and oxygen atoms in total. The lowest BCUT2D eigenvalue weighted by atomic mass is 9.95. The van der Waals surface area contributed by atoms with E-state index in [-0.39, 0.29) is 23.4 Å². The Bertz CT molecular complexity index is 1530. The van der Waals surface area contributed by atoms with E-state index >= 15 is 0 Å². The van der Waals surface area contributed by atoms with Crippen molar-refractivity contribution in [3.63, 3.8) is 0 Å². The zero-order valence-electron chi connectivity index (χ0n) is 24.1. The number of sulfonamides is 1. The van der Waals surface area contributed by atoms with E-state index in [1.165, 1.54) is 17.0 Å². The van der Waals surface area contributed by atoms with E-state index in [9.17, 15) is 18.0 Å². The first kappa shape index (κ1) is 31.9. The maximum absolute atomic E-state index is 14.2. The summed E-state index contributed by atoms with van der Waals surface area (Å²) in [6.07, 6.45) is 5.02. The molecule has 0 spiro atoms. The lowest BCUT2D eigenvalue weighted by Crippen LogP contribution is -2.53. The molecule has 1 saturated carbocycles. The molecule has 0 heterocycles. The van der Waals surface area contributed by atoms with Gasteiger partial charge in [0.05, 0.1) is 10.6 Å². The number of hydrogen-bond acceptors (Lipinski definition) is 4. The first-order valence-electron chi connectivity index (χ1n) is 14.2. The van der Waals surface area contributed by atoms with Gasteiger partial charge in [-0.1, -0.05) is 78.9 Å². The van der Waals surface area contributed by atoms with Crippen LogP contribution in [0.4, 0.5) is 5.69 Å². The van der Waals surface area contributed by atoms with Crippen LogP contribution in [0.2, 0.25) is 10.0 Å².